The van der Waals surface area contributed by atoms with E-state index in [1.165, 1.54) is 6.07 Å². The number of amides is 1. The van der Waals surface area contributed by atoms with Crippen LogP contribution in [0, 0.1) is 0 Å². The zero-order valence-electron chi connectivity index (χ0n) is 15.6. The number of alkyl halides is 2. The SMILES string of the molecule is CN1CCN(C(=O)CCN(C)Cc2cc3c(cc2OC(F)F)OCO3)CC1. The first-order chi connectivity index (χ1) is 12.9. The van der Waals surface area contributed by atoms with Gasteiger partial charge in [-0.05, 0) is 20.2 Å². The zero-order valence-corrected chi connectivity index (χ0v) is 15.6. The number of ether oxygens (including phenoxy) is 3. The van der Waals surface area contributed by atoms with Crippen molar-refractivity contribution in [3.8, 4) is 17.2 Å². The number of hydrogen-bond donors (Lipinski definition) is 0. The van der Waals surface area contributed by atoms with Crippen LogP contribution in [0.5, 0.6) is 17.2 Å². The van der Waals surface area contributed by atoms with Crippen LogP contribution in [-0.4, -0.2) is 80.8 Å². The molecule has 0 unspecified atom stereocenters. The Morgan fingerprint density at radius 2 is 1.89 bits per heavy atom. The maximum atomic E-state index is 12.7. The quantitative estimate of drug-likeness (QED) is 0.711. The van der Waals surface area contributed by atoms with Gasteiger partial charge in [0.2, 0.25) is 12.7 Å². The number of benzene rings is 1. The lowest BCUT2D eigenvalue weighted by atomic mass is 10.1. The van der Waals surface area contributed by atoms with Gasteiger partial charge in [0.15, 0.2) is 11.5 Å². The van der Waals surface area contributed by atoms with Crippen LogP contribution in [0.25, 0.3) is 0 Å². The van der Waals surface area contributed by atoms with E-state index in [0.29, 0.717) is 36.6 Å². The number of nitrogens with zero attached hydrogens (tertiary/aromatic N) is 3. The molecule has 0 aromatic heterocycles. The van der Waals surface area contributed by atoms with E-state index in [2.05, 4.69) is 9.64 Å². The summed E-state index contributed by atoms with van der Waals surface area (Å²) in [6.07, 6.45) is 0.385. The van der Waals surface area contributed by atoms with Gasteiger partial charge in [0.05, 0.1) is 0 Å². The Labute approximate surface area is 157 Å². The molecule has 0 N–H and O–H groups in total. The van der Waals surface area contributed by atoms with E-state index in [1.807, 2.05) is 23.9 Å². The summed E-state index contributed by atoms with van der Waals surface area (Å²) in [6.45, 7) is 1.26. The molecule has 2 heterocycles. The maximum absolute atomic E-state index is 12.7. The summed E-state index contributed by atoms with van der Waals surface area (Å²) in [6, 6.07) is 3.08. The Morgan fingerprint density at radius 1 is 1.22 bits per heavy atom. The van der Waals surface area contributed by atoms with Gasteiger partial charge < -0.3 is 28.9 Å². The largest absolute Gasteiger partial charge is 0.454 e. The molecule has 9 heteroatoms. The number of piperazine rings is 1. The van der Waals surface area contributed by atoms with Gasteiger partial charge in [0, 0.05) is 57.3 Å². The van der Waals surface area contributed by atoms with Gasteiger partial charge in [-0.25, -0.2) is 0 Å². The molecule has 0 aliphatic carbocycles. The predicted molar refractivity (Wildman–Crippen MR) is 94.2 cm³/mol. The molecule has 0 spiro atoms. The molecule has 1 amide bonds. The van der Waals surface area contributed by atoms with Crippen molar-refractivity contribution < 1.29 is 27.8 Å². The van der Waals surface area contributed by atoms with Crippen LogP contribution in [0.15, 0.2) is 12.1 Å². The first-order valence-corrected chi connectivity index (χ1v) is 8.94. The van der Waals surface area contributed by atoms with Gasteiger partial charge in [-0.2, -0.15) is 8.78 Å². The smallest absolute Gasteiger partial charge is 0.387 e. The van der Waals surface area contributed by atoms with Crippen LogP contribution in [0.3, 0.4) is 0 Å². The Balaban J connectivity index is 1.57. The van der Waals surface area contributed by atoms with Gasteiger partial charge in [-0.1, -0.05) is 0 Å². The highest BCUT2D eigenvalue weighted by molar-refractivity contribution is 5.76. The monoisotopic (exact) mass is 385 g/mol. The summed E-state index contributed by atoms with van der Waals surface area (Å²) in [7, 11) is 3.88. The van der Waals surface area contributed by atoms with Gasteiger partial charge >= 0.3 is 6.61 Å². The lowest BCUT2D eigenvalue weighted by Crippen LogP contribution is -2.47. The van der Waals surface area contributed by atoms with Crippen LogP contribution >= 0.6 is 0 Å². The highest BCUT2D eigenvalue weighted by atomic mass is 19.3. The van der Waals surface area contributed by atoms with E-state index in [0.717, 1.165) is 26.2 Å². The number of carbonyl (C=O) groups is 1. The fourth-order valence-corrected chi connectivity index (χ4v) is 3.16. The van der Waals surface area contributed by atoms with Crippen molar-refractivity contribution in [2.75, 3.05) is 53.6 Å². The number of halogens is 2. The van der Waals surface area contributed by atoms with Crippen LogP contribution in [-0.2, 0) is 11.3 Å². The van der Waals surface area contributed by atoms with Crippen LogP contribution < -0.4 is 14.2 Å². The van der Waals surface area contributed by atoms with Crippen molar-refractivity contribution in [3.63, 3.8) is 0 Å². The second kappa shape index (κ2) is 8.71. The summed E-state index contributed by atoms with van der Waals surface area (Å²) < 4.78 is 40.6. The minimum Gasteiger partial charge on any atom is -0.454 e. The molecule has 0 radical (unpaired) electrons. The molecule has 27 heavy (non-hydrogen) atoms. The molecule has 1 aromatic rings. The Kier molecular flexibility index (Phi) is 6.33. The third kappa shape index (κ3) is 5.20. The van der Waals surface area contributed by atoms with Gasteiger partial charge in [-0.3, -0.25) is 4.79 Å². The average molecular weight is 385 g/mol. The topological polar surface area (TPSA) is 54.5 Å². The molecule has 1 saturated heterocycles. The highest BCUT2D eigenvalue weighted by Crippen LogP contribution is 2.39. The summed E-state index contributed by atoms with van der Waals surface area (Å²) in [5.74, 6) is 1.08. The first kappa shape index (κ1) is 19.6. The van der Waals surface area contributed by atoms with Crippen molar-refractivity contribution in [2.45, 2.75) is 19.6 Å². The van der Waals surface area contributed by atoms with Crippen molar-refractivity contribution in [1.29, 1.82) is 0 Å². The molecule has 0 saturated carbocycles. The Morgan fingerprint density at radius 3 is 2.56 bits per heavy atom. The summed E-state index contributed by atoms with van der Waals surface area (Å²) >= 11 is 0. The van der Waals surface area contributed by atoms with E-state index in [1.54, 1.807) is 6.07 Å². The minimum absolute atomic E-state index is 0.0578. The molecular formula is C18H25F2N3O4. The molecule has 7 nitrogen and oxygen atoms in total. The van der Waals surface area contributed by atoms with Crippen molar-refractivity contribution >= 4 is 5.91 Å². The summed E-state index contributed by atoms with van der Waals surface area (Å²) in [5.41, 5.74) is 0.564. The zero-order chi connectivity index (χ0) is 19.4. The third-order valence-corrected chi connectivity index (χ3v) is 4.78. The van der Waals surface area contributed by atoms with Crippen LogP contribution in [0.4, 0.5) is 8.78 Å². The van der Waals surface area contributed by atoms with Crippen LogP contribution in [0.2, 0.25) is 0 Å². The minimum atomic E-state index is -2.92. The number of fused-ring (bicyclic) bond motifs is 1. The fourth-order valence-electron chi connectivity index (χ4n) is 3.16. The van der Waals surface area contributed by atoms with Crippen molar-refractivity contribution in [3.05, 3.63) is 17.7 Å². The van der Waals surface area contributed by atoms with Gasteiger partial charge in [0.25, 0.3) is 0 Å². The lowest BCUT2D eigenvalue weighted by molar-refractivity contribution is -0.133. The highest BCUT2D eigenvalue weighted by Gasteiger charge is 2.22. The first-order valence-electron chi connectivity index (χ1n) is 8.94. The average Bonchev–Trinajstić information content (AvgIpc) is 3.07. The van der Waals surface area contributed by atoms with Gasteiger partial charge in [0.1, 0.15) is 5.75 Å². The second-order valence-electron chi connectivity index (χ2n) is 6.86. The standard InChI is InChI=1S/C18H25F2N3O4/c1-21-5-7-23(8-6-21)17(24)3-4-22(2)11-13-9-15-16(26-12-25-15)10-14(13)27-18(19)20/h9-10,18H,3-8,11-12H2,1-2H3. The van der Waals surface area contributed by atoms with Gasteiger partial charge in [-0.15, -0.1) is 0 Å². The van der Waals surface area contributed by atoms with E-state index in [4.69, 9.17) is 9.47 Å². The van der Waals surface area contributed by atoms with Crippen molar-refractivity contribution in [2.24, 2.45) is 0 Å². The molecule has 150 valence electrons. The summed E-state index contributed by atoms with van der Waals surface area (Å²) in [4.78, 5) is 18.3. The maximum Gasteiger partial charge on any atom is 0.387 e. The molecule has 1 fully saturated rings. The number of hydrogen-bond acceptors (Lipinski definition) is 6. The normalized spacial score (nSPS) is 17.0. The van der Waals surface area contributed by atoms with E-state index in [-0.39, 0.29) is 18.4 Å². The Hall–Kier alpha value is -2.13. The number of rotatable bonds is 7. The molecule has 0 atom stereocenters. The molecule has 2 aliphatic heterocycles. The molecule has 3 rings (SSSR count). The molecular weight excluding hydrogens is 360 g/mol. The van der Waals surface area contributed by atoms with E-state index in [9.17, 15) is 13.6 Å². The van der Waals surface area contributed by atoms with E-state index < -0.39 is 6.61 Å². The molecule has 2 aliphatic rings. The number of carbonyl (C=O) groups excluding carboxylic acids is 1. The summed E-state index contributed by atoms with van der Waals surface area (Å²) in [5, 5.41) is 0. The lowest BCUT2D eigenvalue weighted by Gasteiger charge is -2.32. The Bertz CT molecular complexity index is 666. The van der Waals surface area contributed by atoms with E-state index >= 15 is 0 Å². The fraction of sp³-hybridized carbons (Fsp3) is 0.611. The second-order valence-corrected chi connectivity index (χ2v) is 6.86. The van der Waals surface area contributed by atoms with Crippen LogP contribution in [0.1, 0.15) is 12.0 Å². The number of likely N-dealkylation sites (N-methyl/N-ethyl adjacent to an activating group) is 1. The van der Waals surface area contributed by atoms with Crippen molar-refractivity contribution in [1.82, 2.24) is 14.7 Å². The molecule has 1 aromatic carbocycles. The molecule has 0 bridgehead atoms. The third-order valence-electron chi connectivity index (χ3n) is 4.78. The predicted octanol–water partition coefficient (Wildman–Crippen LogP) is 1.61.